The van der Waals surface area contributed by atoms with Gasteiger partial charge in [0.05, 0.1) is 13.2 Å². The van der Waals surface area contributed by atoms with E-state index in [1.54, 1.807) is 0 Å². The van der Waals surface area contributed by atoms with E-state index in [1.165, 1.54) is 5.56 Å². The lowest BCUT2D eigenvalue weighted by molar-refractivity contribution is 0.0787. The highest BCUT2D eigenvalue weighted by atomic mass is 16.5. The predicted molar refractivity (Wildman–Crippen MR) is 68.0 cm³/mol. The summed E-state index contributed by atoms with van der Waals surface area (Å²) in [6, 6.07) is 5.89. The lowest BCUT2D eigenvalue weighted by Gasteiger charge is -2.16. The normalized spacial score (nSPS) is 22.3. The fourth-order valence-electron chi connectivity index (χ4n) is 2.70. The summed E-state index contributed by atoms with van der Waals surface area (Å²) in [6.07, 6.45) is 1.02. The van der Waals surface area contributed by atoms with Gasteiger partial charge in [0.15, 0.2) is 0 Å². The lowest BCUT2D eigenvalue weighted by atomic mass is 10.1. The third-order valence-corrected chi connectivity index (χ3v) is 3.87. The van der Waals surface area contributed by atoms with Crippen molar-refractivity contribution in [2.45, 2.75) is 19.6 Å². The summed E-state index contributed by atoms with van der Waals surface area (Å²) in [7, 11) is 0. The number of benzene rings is 1. The third kappa shape index (κ3) is 2.02. The predicted octanol–water partition coefficient (Wildman–Crippen LogP) is 1.14. The first-order chi connectivity index (χ1) is 8.78. The van der Waals surface area contributed by atoms with Crippen LogP contribution in [0.3, 0.4) is 0 Å². The Bertz CT molecular complexity index is 473. The zero-order valence-corrected chi connectivity index (χ0v) is 10.4. The summed E-state index contributed by atoms with van der Waals surface area (Å²) in [5, 5.41) is 0. The number of rotatable bonds is 2. The molecule has 0 bridgehead atoms. The van der Waals surface area contributed by atoms with E-state index in [2.05, 4.69) is 0 Å². The number of hydrogen-bond donors (Lipinski definition) is 1. The van der Waals surface area contributed by atoms with Crippen molar-refractivity contribution in [2.24, 2.45) is 11.7 Å². The van der Waals surface area contributed by atoms with Crippen LogP contribution in [0.5, 0.6) is 0 Å². The number of nitrogens with zero attached hydrogens (tertiary/aromatic N) is 1. The summed E-state index contributed by atoms with van der Waals surface area (Å²) in [5.74, 6) is 0.590. The fraction of sp³-hybridized carbons (Fsp3) is 0.500. The Hall–Kier alpha value is -1.39. The van der Waals surface area contributed by atoms with Gasteiger partial charge in [0, 0.05) is 18.7 Å². The van der Waals surface area contributed by atoms with E-state index < -0.39 is 0 Å². The summed E-state index contributed by atoms with van der Waals surface area (Å²) in [4.78, 5) is 14.3. The van der Waals surface area contributed by atoms with Crippen LogP contribution in [0, 0.1) is 5.92 Å². The molecule has 0 spiro atoms. The van der Waals surface area contributed by atoms with Crippen molar-refractivity contribution in [2.75, 3.05) is 19.6 Å². The topological polar surface area (TPSA) is 55.6 Å². The molecule has 2 heterocycles. The smallest absolute Gasteiger partial charge is 0.253 e. The summed E-state index contributed by atoms with van der Waals surface area (Å²) < 4.78 is 5.37. The van der Waals surface area contributed by atoms with Crippen LogP contribution < -0.4 is 5.73 Å². The molecule has 0 radical (unpaired) electrons. The highest BCUT2D eigenvalue weighted by molar-refractivity contribution is 5.94. The van der Waals surface area contributed by atoms with Crippen molar-refractivity contribution in [3.8, 4) is 0 Å². The molecule has 1 aromatic carbocycles. The zero-order chi connectivity index (χ0) is 12.5. The third-order valence-electron chi connectivity index (χ3n) is 3.87. The number of carbonyl (C=O) groups excluding carboxylic acids is 1. The van der Waals surface area contributed by atoms with E-state index in [-0.39, 0.29) is 5.91 Å². The summed E-state index contributed by atoms with van der Waals surface area (Å²) in [6.45, 7) is 3.59. The number of nitrogens with two attached hydrogens (primary N) is 1. The highest BCUT2D eigenvalue weighted by Gasteiger charge is 2.26. The molecule has 0 aromatic heterocycles. The first-order valence-corrected chi connectivity index (χ1v) is 6.47. The SMILES string of the molecule is NCC1CCN(C(=O)c2ccc3c(c2)COC3)C1. The molecule has 1 amide bonds. The molecule has 0 saturated carbocycles. The molecule has 3 rings (SSSR count). The van der Waals surface area contributed by atoms with Crippen LogP contribution in [-0.2, 0) is 18.0 Å². The van der Waals surface area contributed by atoms with Crippen molar-refractivity contribution in [3.05, 3.63) is 34.9 Å². The molecule has 1 atom stereocenters. The Labute approximate surface area is 107 Å². The Morgan fingerprint density at radius 1 is 1.39 bits per heavy atom. The standard InChI is InChI=1S/C14H18N2O2/c15-6-10-3-4-16(7-10)14(17)11-1-2-12-8-18-9-13(12)5-11/h1-2,5,10H,3-4,6-9,15H2. The van der Waals surface area contributed by atoms with Gasteiger partial charge < -0.3 is 15.4 Å². The molecule has 0 aliphatic carbocycles. The number of ether oxygens (including phenoxy) is 1. The Morgan fingerprint density at radius 2 is 2.22 bits per heavy atom. The van der Waals surface area contributed by atoms with E-state index in [0.29, 0.717) is 25.7 Å². The average molecular weight is 246 g/mol. The van der Waals surface area contributed by atoms with Crippen molar-refractivity contribution >= 4 is 5.91 Å². The lowest BCUT2D eigenvalue weighted by Crippen LogP contribution is -2.29. The summed E-state index contributed by atoms with van der Waals surface area (Å²) in [5.41, 5.74) is 8.78. The largest absolute Gasteiger partial charge is 0.372 e. The van der Waals surface area contributed by atoms with Gasteiger partial charge in [-0.3, -0.25) is 4.79 Å². The minimum Gasteiger partial charge on any atom is -0.372 e. The quantitative estimate of drug-likeness (QED) is 0.851. The molecule has 2 aliphatic rings. The van der Waals surface area contributed by atoms with Gasteiger partial charge in [-0.1, -0.05) is 6.07 Å². The van der Waals surface area contributed by atoms with Crippen LogP contribution in [0.15, 0.2) is 18.2 Å². The fourth-order valence-corrected chi connectivity index (χ4v) is 2.70. The molecular formula is C14H18N2O2. The maximum Gasteiger partial charge on any atom is 0.253 e. The number of likely N-dealkylation sites (tertiary alicyclic amines) is 1. The summed E-state index contributed by atoms with van der Waals surface area (Å²) >= 11 is 0. The van der Waals surface area contributed by atoms with Crippen LogP contribution >= 0.6 is 0 Å². The number of amides is 1. The second-order valence-corrected chi connectivity index (χ2v) is 5.12. The highest BCUT2D eigenvalue weighted by Crippen LogP contribution is 2.23. The molecule has 4 nitrogen and oxygen atoms in total. The van der Waals surface area contributed by atoms with Crippen LogP contribution in [0.1, 0.15) is 27.9 Å². The van der Waals surface area contributed by atoms with Gasteiger partial charge in [-0.05, 0) is 42.1 Å². The van der Waals surface area contributed by atoms with Gasteiger partial charge in [0.25, 0.3) is 5.91 Å². The first-order valence-electron chi connectivity index (χ1n) is 6.47. The molecule has 1 unspecified atom stereocenters. The molecule has 1 aromatic rings. The second-order valence-electron chi connectivity index (χ2n) is 5.12. The number of carbonyl (C=O) groups is 1. The molecule has 1 saturated heterocycles. The van der Waals surface area contributed by atoms with Crippen LogP contribution in [0.2, 0.25) is 0 Å². The van der Waals surface area contributed by atoms with Crippen molar-refractivity contribution in [3.63, 3.8) is 0 Å². The Balaban J connectivity index is 1.77. The van der Waals surface area contributed by atoms with Gasteiger partial charge in [0.2, 0.25) is 0 Å². The van der Waals surface area contributed by atoms with E-state index >= 15 is 0 Å². The second kappa shape index (κ2) is 4.71. The minimum absolute atomic E-state index is 0.126. The Kier molecular flexibility index (Phi) is 3.06. The molecule has 2 N–H and O–H groups in total. The molecule has 2 aliphatic heterocycles. The van der Waals surface area contributed by atoms with Gasteiger partial charge in [-0.15, -0.1) is 0 Å². The molecule has 1 fully saturated rings. The van der Waals surface area contributed by atoms with E-state index in [9.17, 15) is 4.79 Å². The van der Waals surface area contributed by atoms with Gasteiger partial charge in [-0.2, -0.15) is 0 Å². The van der Waals surface area contributed by atoms with Crippen LogP contribution in [-0.4, -0.2) is 30.4 Å². The number of hydrogen-bond acceptors (Lipinski definition) is 3. The Morgan fingerprint density at radius 3 is 3.00 bits per heavy atom. The molecule has 4 heteroatoms. The number of fused-ring (bicyclic) bond motifs is 1. The molecule has 18 heavy (non-hydrogen) atoms. The first kappa shape index (κ1) is 11.7. The molecule has 96 valence electrons. The maximum absolute atomic E-state index is 12.4. The van der Waals surface area contributed by atoms with Crippen molar-refractivity contribution in [1.29, 1.82) is 0 Å². The van der Waals surface area contributed by atoms with E-state index in [1.807, 2.05) is 23.1 Å². The maximum atomic E-state index is 12.4. The van der Waals surface area contributed by atoms with E-state index in [4.69, 9.17) is 10.5 Å². The van der Waals surface area contributed by atoms with Gasteiger partial charge in [-0.25, -0.2) is 0 Å². The minimum atomic E-state index is 0.126. The van der Waals surface area contributed by atoms with Crippen molar-refractivity contribution in [1.82, 2.24) is 4.90 Å². The van der Waals surface area contributed by atoms with Crippen molar-refractivity contribution < 1.29 is 9.53 Å². The van der Waals surface area contributed by atoms with Gasteiger partial charge >= 0.3 is 0 Å². The van der Waals surface area contributed by atoms with Crippen LogP contribution in [0.25, 0.3) is 0 Å². The van der Waals surface area contributed by atoms with E-state index in [0.717, 1.165) is 30.6 Å². The average Bonchev–Trinajstić information content (AvgIpc) is 3.05. The zero-order valence-electron chi connectivity index (χ0n) is 10.4. The van der Waals surface area contributed by atoms with Gasteiger partial charge in [0.1, 0.15) is 0 Å². The monoisotopic (exact) mass is 246 g/mol. The van der Waals surface area contributed by atoms with Crippen LogP contribution in [0.4, 0.5) is 0 Å². The molecular weight excluding hydrogens is 228 g/mol.